The van der Waals surface area contributed by atoms with E-state index in [1.165, 1.54) is 0 Å². The summed E-state index contributed by atoms with van der Waals surface area (Å²) >= 11 is 0. The molecule has 0 fully saturated rings. The summed E-state index contributed by atoms with van der Waals surface area (Å²) in [6.45, 7) is 1.96. The Hall–Kier alpha value is -1.24. The molecule has 1 heteroatoms. The molecule has 0 aromatic carbocycles. The summed E-state index contributed by atoms with van der Waals surface area (Å²) in [5, 5.41) is 8.20. The van der Waals surface area contributed by atoms with Crippen molar-refractivity contribution in [3.8, 4) is 0 Å². The normalized spacial score (nSPS) is 13.3. The van der Waals surface area contributed by atoms with Crippen LogP contribution in [0.15, 0.2) is 48.8 Å². The van der Waals surface area contributed by atoms with E-state index >= 15 is 0 Å². The van der Waals surface area contributed by atoms with Gasteiger partial charge in [-0.1, -0.05) is 36.5 Å². The van der Waals surface area contributed by atoms with Crippen LogP contribution < -0.4 is 0 Å². The summed E-state index contributed by atoms with van der Waals surface area (Å²) < 4.78 is 0. The molecule has 0 saturated carbocycles. The predicted molar refractivity (Wildman–Crippen MR) is 44.9 cm³/mol. The van der Waals surface area contributed by atoms with Gasteiger partial charge in [-0.25, -0.2) is 0 Å². The number of hydrogen-bond acceptors (Lipinski definition) is 1. The molecule has 54 valence electrons. The molecule has 0 aliphatic heterocycles. The van der Waals surface area contributed by atoms with Gasteiger partial charge in [0.1, 0.15) is 0 Å². The zero-order chi connectivity index (χ0) is 7.66. The van der Waals surface area contributed by atoms with Crippen LogP contribution >= 0.6 is 0 Å². The Balaban J connectivity index is 3.51. The fraction of sp³-hybridized carbons (Fsp3) is 0.111. The third-order valence-electron chi connectivity index (χ3n) is 0.834. The van der Waals surface area contributed by atoms with Gasteiger partial charge in [0.05, 0.1) is 6.26 Å². The first-order valence-corrected chi connectivity index (χ1v) is 3.17. The van der Waals surface area contributed by atoms with Gasteiger partial charge >= 0.3 is 0 Å². The SMILES string of the molecule is CC=CC=C/C=C/C=C/O. The number of rotatable bonds is 3. The summed E-state index contributed by atoms with van der Waals surface area (Å²) in [6, 6.07) is 0. The fourth-order valence-electron chi connectivity index (χ4n) is 0.417. The van der Waals surface area contributed by atoms with E-state index in [-0.39, 0.29) is 0 Å². The van der Waals surface area contributed by atoms with Crippen molar-refractivity contribution in [2.75, 3.05) is 0 Å². The van der Waals surface area contributed by atoms with Crippen LogP contribution in [0.3, 0.4) is 0 Å². The highest BCUT2D eigenvalue weighted by Crippen LogP contribution is 1.80. The van der Waals surface area contributed by atoms with Gasteiger partial charge in [-0.05, 0) is 13.0 Å². The highest BCUT2D eigenvalue weighted by molar-refractivity contribution is 5.14. The van der Waals surface area contributed by atoms with E-state index < -0.39 is 0 Å². The number of allylic oxidation sites excluding steroid dienone is 7. The Labute approximate surface area is 61.7 Å². The van der Waals surface area contributed by atoms with Gasteiger partial charge in [-0.3, -0.25) is 0 Å². The topological polar surface area (TPSA) is 20.2 Å². The Kier molecular flexibility index (Phi) is 6.80. The average Bonchev–Trinajstić information content (AvgIpc) is 1.97. The van der Waals surface area contributed by atoms with Crippen LogP contribution in [0.1, 0.15) is 6.92 Å². The lowest BCUT2D eigenvalue weighted by atomic mass is 10.4. The molecule has 0 saturated heterocycles. The quantitative estimate of drug-likeness (QED) is 0.467. The van der Waals surface area contributed by atoms with E-state index in [0.29, 0.717) is 0 Å². The summed E-state index contributed by atoms with van der Waals surface area (Å²) in [5.41, 5.74) is 0. The standard InChI is InChI=1S/C9H12O/c1-2-3-4-5-6-7-8-9-10/h2-10H,1H3/b3-2?,5-4?,7-6+,9-8+. The van der Waals surface area contributed by atoms with Crippen LogP contribution in [0.5, 0.6) is 0 Å². The van der Waals surface area contributed by atoms with Crippen molar-refractivity contribution in [3.63, 3.8) is 0 Å². The van der Waals surface area contributed by atoms with E-state index in [1.807, 2.05) is 37.3 Å². The zero-order valence-electron chi connectivity index (χ0n) is 6.07. The largest absolute Gasteiger partial charge is 0.516 e. The molecule has 0 aliphatic carbocycles. The van der Waals surface area contributed by atoms with Gasteiger partial charge in [0.15, 0.2) is 0 Å². The first-order valence-electron chi connectivity index (χ1n) is 3.17. The minimum Gasteiger partial charge on any atom is -0.516 e. The molecule has 0 heterocycles. The minimum absolute atomic E-state index is 1.00. The molecule has 0 aliphatic rings. The number of aliphatic hydroxyl groups excluding tert-OH is 1. The molecular formula is C9H12O. The van der Waals surface area contributed by atoms with Gasteiger partial charge in [0.2, 0.25) is 0 Å². The maximum Gasteiger partial charge on any atom is 0.0791 e. The second-order valence-corrected chi connectivity index (χ2v) is 1.64. The van der Waals surface area contributed by atoms with Crippen LogP contribution in [0.25, 0.3) is 0 Å². The van der Waals surface area contributed by atoms with Crippen molar-refractivity contribution in [1.82, 2.24) is 0 Å². The fourth-order valence-corrected chi connectivity index (χ4v) is 0.417. The van der Waals surface area contributed by atoms with Crippen molar-refractivity contribution in [3.05, 3.63) is 48.8 Å². The van der Waals surface area contributed by atoms with Crippen molar-refractivity contribution in [2.45, 2.75) is 6.92 Å². The first kappa shape index (κ1) is 8.76. The minimum atomic E-state index is 1.00. The molecule has 0 radical (unpaired) electrons. The van der Waals surface area contributed by atoms with Crippen LogP contribution in [-0.4, -0.2) is 5.11 Å². The predicted octanol–water partition coefficient (Wildman–Crippen LogP) is 2.75. The number of hydrogen-bond donors (Lipinski definition) is 1. The summed E-state index contributed by atoms with van der Waals surface area (Å²) in [7, 11) is 0. The van der Waals surface area contributed by atoms with Gasteiger partial charge in [0, 0.05) is 0 Å². The Morgan fingerprint density at radius 2 is 1.30 bits per heavy atom. The third kappa shape index (κ3) is 6.76. The van der Waals surface area contributed by atoms with Gasteiger partial charge in [-0.15, -0.1) is 0 Å². The van der Waals surface area contributed by atoms with E-state index in [9.17, 15) is 0 Å². The summed E-state index contributed by atoms with van der Waals surface area (Å²) in [6.07, 6.45) is 13.8. The van der Waals surface area contributed by atoms with Crippen LogP contribution in [-0.2, 0) is 0 Å². The molecule has 0 rings (SSSR count). The van der Waals surface area contributed by atoms with Crippen molar-refractivity contribution in [1.29, 1.82) is 0 Å². The van der Waals surface area contributed by atoms with Crippen LogP contribution in [0.2, 0.25) is 0 Å². The molecule has 1 N–H and O–H groups in total. The lowest BCUT2D eigenvalue weighted by Crippen LogP contribution is -1.50. The van der Waals surface area contributed by atoms with Crippen molar-refractivity contribution < 1.29 is 5.11 Å². The molecule has 0 bridgehead atoms. The summed E-state index contributed by atoms with van der Waals surface area (Å²) in [4.78, 5) is 0. The van der Waals surface area contributed by atoms with E-state index in [1.54, 1.807) is 12.2 Å². The van der Waals surface area contributed by atoms with Crippen LogP contribution in [0, 0.1) is 0 Å². The maximum atomic E-state index is 8.20. The van der Waals surface area contributed by atoms with Gasteiger partial charge in [-0.2, -0.15) is 0 Å². The molecule has 0 spiro atoms. The number of aliphatic hydroxyl groups is 1. The van der Waals surface area contributed by atoms with Crippen molar-refractivity contribution >= 4 is 0 Å². The van der Waals surface area contributed by atoms with Gasteiger partial charge < -0.3 is 5.11 Å². The molecule has 0 unspecified atom stereocenters. The molecule has 0 aromatic rings. The van der Waals surface area contributed by atoms with E-state index in [4.69, 9.17) is 5.11 Å². The van der Waals surface area contributed by atoms with Gasteiger partial charge in [0.25, 0.3) is 0 Å². The second kappa shape index (κ2) is 7.76. The van der Waals surface area contributed by atoms with Crippen LogP contribution in [0.4, 0.5) is 0 Å². The van der Waals surface area contributed by atoms with E-state index in [0.717, 1.165) is 6.26 Å². The zero-order valence-corrected chi connectivity index (χ0v) is 6.07. The Bertz CT molecular complexity index is 142. The van der Waals surface area contributed by atoms with Crippen molar-refractivity contribution in [2.24, 2.45) is 0 Å². The molecule has 0 atom stereocenters. The highest BCUT2D eigenvalue weighted by Gasteiger charge is 1.59. The average molecular weight is 136 g/mol. The Morgan fingerprint density at radius 1 is 0.800 bits per heavy atom. The van der Waals surface area contributed by atoms with E-state index in [2.05, 4.69) is 0 Å². The Morgan fingerprint density at radius 3 is 1.80 bits per heavy atom. The maximum absolute atomic E-state index is 8.20. The molecular weight excluding hydrogens is 124 g/mol. The molecule has 10 heavy (non-hydrogen) atoms. The smallest absolute Gasteiger partial charge is 0.0791 e. The summed E-state index contributed by atoms with van der Waals surface area (Å²) in [5.74, 6) is 0. The monoisotopic (exact) mass is 136 g/mol. The lowest BCUT2D eigenvalue weighted by Gasteiger charge is -1.71. The first-order chi connectivity index (χ1) is 4.91. The lowest BCUT2D eigenvalue weighted by molar-refractivity contribution is 0.474. The third-order valence-corrected chi connectivity index (χ3v) is 0.834. The second-order valence-electron chi connectivity index (χ2n) is 1.64. The molecule has 0 aromatic heterocycles. The highest BCUT2D eigenvalue weighted by atomic mass is 16.2. The molecule has 1 nitrogen and oxygen atoms in total. The molecule has 0 amide bonds.